The van der Waals surface area contributed by atoms with E-state index in [9.17, 15) is 4.79 Å². The van der Waals surface area contributed by atoms with Gasteiger partial charge in [-0.3, -0.25) is 0 Å². The van der Waals surface area contributed by atoms with Crippen molar-refractivity contribution < 1.29 is 9.53 Å². The molecule has 1 aromatic heterocycles. The van der Waals surface area contributed by atoms with Crippen molar-refractivity contribution in [3.8, 4) is 11.4 Å². The predicted octanol–water partition coefficient (Wildman–Crippen LogP) is 5.88. The van der Waals surface area contributed by atoms with Gasteiger partial charge in [-0.2, -0.15) is 0 Å². The van der Waals surface area contributed by atoms with Gasteiger partial charge in [0.2, 0.25) is 0 Å². The third kappa shape index (κ3) is 5.66. The van der Waals surface area contributed by atoms with Gasteiger partial charge in [-0.15, -0.1) is 5.10 Å². The molecule has 0 aliphatic heterocycles. The van der Waals surface area contributed by atoms with Gasteiger partial charge in [-0.05, 0) is 81.3 Å². The number of benzene rings is 2. The zero-order valence-corrected chi connectivity index (χ0v) is 18.8. The van der Waals surface area contributed by atoms with Crippen LogP contribution in [0.15, 0.2) is 48.7 Å². The normalized spacial score (nSPS) is 13.8. The number of nitrogens with one attached hydrogen (secondary N) is 2. The van der Waals surface area contributed by atoms with Crippen LogP contribution in [0.1, 0.15) is 56.7 Å². The Hall–Kier alpha value is -3.35. The highest BCUT2D eigenvalue weighted by molar-refractivity contribution is 6.00. The van der Waals surface area contributed by atoms with E-state index in [0.29, 0.717) is 5.69 Å². The molecule has 2 N–H and O–H groups in total. The molecule has 7 nitrogen and oxygen atoms in total. The fraction of sp³-hybridized carbons (Fsp3) is 0.400. The molecule has 1 aliphatic rings. The number of amides is 2. The Kier molecular flexibility index (Phi) is 7.04. The van der Waals surface area contributed by atoms with Gasteiger partial charge < -0.3 is 15.4 Å². The van der Waals surface area contributed by atoms with E-state index >= 15 is 0 Å². The Labute approximate surface area is 189 Å². The Bertz CT molecular complexity index is 1040. The first kappa shape index (κ1) is 21.9. The number of nitrogens with zero attached hydrogens (tertiary/aromatic N) is 3. The van der Waals surface area contributed by atoms with E-state index in [-0.39, 0.29) is 12.1 Å². The number of hydrogen-bond donors (Lipinski definition) is 2. The maximum atomic E-state index is 12.6. The molecule has 1 saturated carbocycles. The van der Waals surface area contributed by atoms with Crippen LogP contribution in [0.3, 0.4) is 0 Å². The van der Waals surface area contributed by atoms with Gasteiger partial charge in [-0.1, -0.05) is 24.6 Å². The Morgan fingerprint density at radius 1 is 1.12 bits per heavy atom. The molecule has 0 saturated heterocycles. The summed E-state index contributed by atoms with van der Waals surface area (Å²) in [4.78, 5) is 12.6. The quantitative estimate of drug-likeness (QED) is 0.464. The molecule has 1 heterocycles. The van der Waals surface area contributed by atoms with Gasteiger partial charge in [0.05, 0.1) is 23.7 Å². The Morgan fingerprint density at radius 2 is 1.91 bits per heavy atom. The lowest BCUT2D eigenvalue weighted by atomic mass is 10.2. The number of unbranched alkanes of at least 4 members (excludes halogenated alkanes) is 1. The van der Waals surface area contributed by atoms with Crippen molar-refractivity contribution in [2.45, 2.75) is 64.9 Å². The monoisotopic (exact) mass is 433 g/mol. The van der Waals surface area contributed by atoms with E-state index < -0.39 is 0 Å². The van der Waals surface area contributed by atoms with E-state index in [1.54, 1.807) is 4.68 Å². The molecule has 32 heavy (non-hydrogen) atoms. The Morgan fingerprint density at radius 3 is 2.66 bits per heavy atom. The van der Waals surface area contributed by atoms with Crippen LogP contribution < -0.4 is 15.4 Å². The van der Waals surface area contributed by atoms with Crippen molar-refractivity contribution in [2.75, 3.05) is 10.6 Å². The lowest BCUT2D eigenvalue weighted by molar-refractivity contribution is 0.210. The van der Waals surface area contributed by atoms with Crippen molar-refractivity contribution in [1.29, 1.82) is 0 Å². The molecular formula is C25H31N5O2. The highest BCUT2D eigenvalue weighted by atomic mass is 16.5. The smallest absolute Gasteiger partial charge is 0.323 e. The van der Waals surface area contributed by atoms with Crippen molar-refractivity contribution in [3.05, 3.63) is 59.9 Å². The zero-order valence-electron chi connectivity index (χ0n) is 18.8. The molecule has 0 unspecified atom stereocenters. The SMILES string of the molecule is CCCCc1cn(-c2ccc(NC(=O)Nc3cc(OC4CCCC4)ccc3C)cc2)nn1. The summed E-state index contributed by atoms with van der Waals surface area (Å²) in [5.74, 6) is 0.799. The van der Waals surface area contributed by atoms with Crippen molar-refractivity contribution in [1.82, 2.24) is 15.0 Å². The summed E-state index contributed by atoms with van der Waals surface area (Å²) < 4.78 is 7.82. The summed E-state index contributed by atoms with van der Waals surface area (Å²) in [7, 11) is 0. The Balaban J connectivity index is 1.35. The van der Waals surface area contributed by atoms with Crippen LogP contribution in [-0.2, 0) is 6.42 Å². The third-order valence-electron chi connectivity index (χ3n) is 5.78. The number of anilines is 2. The van der Waals surface area contributed by atoms with E-state index in [4.69, 9.17) is 4.74 Å². The van der Waals surface area contributed by atoms with Gasteiger partial charge in [0.25, 0.3) is 0 Å². The van der Waals surface area contributed by atoms with Crippen LogP contribution in [0.4, 0.5) is 16.2 Å². The highest BCUT2D eigenvalue weighted by Crippen LogP contribution is 2.27. The maximum absolute atomic E-state index is 12.6. The largest absolute Gasteiger partial charge is 0.490 e. The topological polar surface area (TPSA) is 81.1 Å². The number of urea groups is 1. The molecule has 4 rings (SSSR count). The van der Waals surface area contributed by atoms with E-state index in [1.807, 2.05) is 55.6 Å². The fourth-order valence-electron chi connectivity index (χ4n) is 3.89. The second kappa shape index (κ2) is 10.3. The summed E-state index contributed by atoms with van der Waals surface area (Å²) in [6.07, 6.45) is 10.0. The van der Waals surface area contributed by atoms with Crippen molar-refractivity contribution >= 4 is 17.4 Å². The van der Waals surface area contributed by atoms with Gasteiger partial charge in [-0.25, -0.2) is 9.48 Å². The minimum Gasteiger partial charge on any atom is -0.490 e. The van der Waals surface area contributed by atoms with E-state index in [2.05, 4.69) is 27.9 Å². The highest BCUT2D eigenvalue weighted by Gasteiger charge is 2.17. The van der Waals surface area contributed by atoms with E-state index in [1.165, 1.54) is 12.8 Å². The second-order valence-electron chi connectivity index (χ2n) is 8.39. The molecule has 0 radical (unpaired) electrons. The first-order valence-electron chi connectivity index (χ1n) is 11.5. The number of aromatic nitrogens is 3. The fourth-order valence-corrected chi connectivity index (χ4v) is 3.89. The number of rotatable bonds is 8. The van der Waals surface area contributed by atoms with Gasteiger partial charge >= 0.3 is 6.03 Å². The summed E-state index contributed by atoms with van der Waals surface area (Å²) in [6.45, 7) is 4.13. The number of carbonyl (C=O) groups excluding carboxylic acids is 1. The maximum Gasteiger partial charge on any atom is 0.323 e. The summed E-state index contributed by atoms with van der Waals surface area (Å²) in [5, 5.41) is 14.2. The zero-order chi connectivity index (χ0) is 22.3. The summed E-state index contributed by atoms with van der Waals surface area (Å²) >= 11 is 0. The van der Waals surface area contributed by atoms with Crippen LogP contribution in [0.5, 0.6) is 5.75 Å². The van der Waals surface area contributed by atoms with Gasteiger partial charge in [0.15, 0.2) is 0 Å². The first-order valence-corrected chi connectivity index (χ1v) is 11.5. The lowest BCUT2D eigenvalue weighted by Gasteiger charge is -2.16. The van der Waals surface area contributed by atoms with Crippen LogP contribution in [0.25, 0.3) is 5.69 Å². The first-order chi connectivity index (χ1) is 15.6. The number of carbonyl (C=O) groups is 1. The minimum absolute atomic E-state index is 0.283. The molecule has 7 heteroatoms. The average Bonchev–Trinajstić information content (AvgIpc) is 3.47. The molecule has 3 aromatic rings. The van der Waals surface area contributed by atoms with Crippen LogP contribution in [0.2, 0.25) is 0 Å². The van der Waals surface area contributed by atoms with Crippen LogP contribution >= 0.6 is 0 Å². The molecular weight excluding hydrogens is 402 g/mol. The van der Waals surface area contributed by atoms with E-state index in [0.717, 1.165) is 60.5 Å². The minimum atomic E-state index is -0.290. The summed E-state index contributed by atoms with van der Waals surface area (Å²) in [5.41, 5.74) is 4.33. The third-order valence-corrected chi connectivity index (χ3v) is 5.78. The molecule has 1 aliphatic carbocycles. The molecule has 2 amide bonds. The number of aryl methyl sites for hydroxylation is 2. The van der Waals surface area contributed by atoms with Gasteiger partial charge in [0, 0.05) is 17.4 Å². The molecule has 0 atom stereocenters. The van der Waals surface area contributed by atoms with Crippen molar-refractivity contribution in [2.24, 2.45) is 0 Å². The standard InChI is InChI=1S/C25H31N5O2/c1-3-4-7-20-17-30(29-28-20)21-13-11-19(12-14-21)26-25(31)27-24-16-23(15-10-18(24)2)32-22-8-5-6-9-22/h10-17,22H,3-9H2,1-2H3,(H2,26,27,31). The van der Waals surface area contributed by atoms with Crippen LogP contribution in [-0.4, -0.2) is 27.1 Å². The molecule has 0 spiro atoms. The molecule has 1 fully saturated rings. The number of hydrogen-bond acceptors (Lipinski definition) is 4. The molecule has 168 valence electrons. The molecule has 0 bridgehead atoms. The molecule has 2 aromatic carbocycles. The number of ether oxygens (including phenoxy) is 1. The average molecular weight is 434 g/mol. The second-order valence-corrected chi connectivity index (χ2v) is 8.39. The van der Waals surface area contributed by atoms with Gasteiger partial charge in [0.1, 0.15) is 5.75 Å². The lowest BCUT2D eigenvalue weighted by Crippen LogP contribution is -2.20. The predicted molar refractivity (Wildman–Crippen MR) is 127 cm³/mol. The summed E-state index contributed by atoms with van der Waals surface area (Å²) in [6, 6.07) is 13.1. The van der Waals surface area contributed by atoms with Crippen molar-refractivity contribution in [3.63, 3.8) is 0 Å². The van der Waals surface area contributed by atoms with Crippen LogP contribution in [0, 0.1) is 6.92 Å².